The van der Waals surface area contributed by atoms with Gasteiger partial charge in [-0.3, -0.25) is 9.59 Å². The predicted octanol–water partition coefficient (Wildman–Crippen LogP) is 2.41. The maximum absolute atomic E-state index is 13.2. The largest absolute Gasteiger partial charge is 0.394 e. The number of thiophene rings is 1. The number of fused-ring (bicyclic) bond motifs is 1. The normalized spacial score (nSPS) is 19.7. The van der Waals surface area contributed by atoms with Gasteiger partial charge in [-0.2, -0.15) is 0 Å². The van der Waals surface area contributed by atoms with E-state index in [1.165, 1.54) is 17.7 Å². The van der Waals surface area contributed by atoms with Crippen molar-refractivity contribution in [3.05, 3.63) is 16.8 Å². The van der Waals surface area contributed by atoms with Crippen LogP contribution in [0.25, 0.3) is 10.2 Å². The summed E-state index contributed by atoms with van der Waals surface area (Å²) in [4.78, 5) is 39.0. The Labute approximate surface area is 180 Å². The van der Waals surface area contributed by atoms with Gasteiger partial charge < -0.3 is 20.2 Å². The summed E-state index contributed by atoms with van der Waals surface area (Å²) < 4.78 is 0. The number of piperidine rings is 1. The second-order valence-electron chi connectivity index (χ2n) is 8.05. The number of rotatable bonds is 7. The van der Waals surface area contributed by atoms with Crippen molar-refractivity contribution in [2.45, 2.75) is 51.5 Å². The average molecular weight is 432 g/mol. The van der Waals surface area contributed by atoms with E-state index in [-0.39, 0.29) is 24.5 Å². The highest BCUT2D eigenvalue weighted by atomic mass is 32.1. The first kappa shape index (κ1) is 21.0. The van der Waals surface area contributed by atoms with E-state index in [1.807, 2.05) is 16.7 Å². The van der Waals surface area contributed by atoms with Crippen LogP contribution in [0, 0.1) is 6.92 Å². The van der Waals surface area contributed by atoms with Gasteiger partial charge in [0.15, 0.2) is 0 Å². The molecule has 2 fully saturated rings. The number of aliphatic hydroxyl groups excluding tert-OH is 1. The highest BCUT2D eigenvalue weighted by Crippen LogP contribution is 2.35. The lowest BCUT2D eigenvalue weighted by atomic mass is 10.0. The molecule has 2 saturated heterocycles. The summed E-state index contributed by atoms with van der Waals surface area (Å²) in [6.07, 6.45) is 6.85. The van der Waals surface area contributed by atoms with Crippen LogP contribution in [0.3, 0.4) is 0 Å². The Hall–Kier alpha value is -2.26. The third-order valence-corrected chi connectivity index (χ3v) is 7.28. The minimum absolute atomic E-state index is 0.00180. The minimum atomic E-state index is -0.104. The van der Waals surface area contributed by atoms with Gasteiger partial charge in [-0.25, -0.2) is 9.97 Å². The van der Waals surface area contributed by atoms with Gasteiger partial charge in [0.1, 0.15) is 17.0 Å². The SMILES string of the molecule is Cc1c(C(=O)N2CCCCC2CO)sc2ncnc(NCCCN3CCCC3=O)c12. The summed E-state index contributed by atoms with van der Waals surface area (Å²) >= 11 is 1.40. The Balaban J connectivity index is 1.48. The number of amides is 2. The molecule has 162 valence electrons. The number of carbonyl (C=O) groups excluding carboxylic acids is 2. The van der Waals surface area contributed by atoms with Crippen LogP contribution in [-0.4, -0.2) is 75.5 Å². The number of nitrogens with one attached hydrogen (secondary N) is 1. The summed E-state index contributed by atoms with van der Waals surface area (Å²) in [5.41, 5.74) is 0.889. The smallest absolute Gasteiger partial charge is 0.264 e. The van der Waals surface area contributed by atoms with E-state index in [4.69, 9.17) is 0 Å². The summed E-state index contributed by atoms with van der Waals surface area (Å²) in [6, 6.07) is -0.104. The molecule has 0 aromatic carbocycles. The molecular weight excluding hydrogens is 402 g/mol. The zero-order valence-electron chi connectivity index (χ0n) is 17.4. The standard InChI is InChI=1S/C21H29N5O3S/c1-14-17-19(22-8-5-10-25-9-4-7-16(25)28)23-13-24-20(17)30-18(14)21(29)26-11-3-2-6-15(26)12-27/h13,15,27H,2-12H2,1H3,(H,22,23,24). The van der Waals surface area contributed by atoms with Gasteiger partial charge in [-0.15, -0.1) is 11.3 Å². The van der Waals surface area contributed by atoms with Crippen molar-refractivity contribution in [1.29, 1.82) is 0 Å². The molecule has 0 radical (unpaired) electrons. The number of likely N-dealkylation sites (tertiary alicyclic amines) is 2. The topological polar surface area (TPSA) is 98.7 Å². The lowest BCUT2D eigenvalue weighted by Crippen LogP contribution is -2.45. The van der Waals surface area contributed by atoms with Crippen molar-refractivity contribution < 1.29 is 14.7 Å². The van der Waals surface area contributed by atoms with Crippen LogP contribution in [0.4, 0.5) is 5.82 Å². The quantitative estimate of drug-likeness (QED) is 0.653. The van der Waals surface area contributed by atoms with Crippen LogP contribution in [0.5, 0.6) is 0 Å². The fraction of sp³-hybridized carbons (Fsp3) is 0.619. The van der Waals surface area contributed by atoms with Crippen molar-refractivity contribution in [3.8, 4) is 0 Å². The van der Waals surface area contributed by atoms with Crippen molar-refractivity contribution >= 4 is 39.2 Å². The molecule has 4 heterocycles. The van der Waals surface area contributed by atoms with Gasteiger partial charge in [-0.05, 0) is 44.6 Å². The summed E-state index contributed by atoms with van der Waals surface area (Å²) in [6.45, 7) is 4.95. The van der Waals surface area contributed by atoms with Crippen LogP contribution in [0.1, 0.15) is 53.8 Å². The van der Waals surface area contributed by atoms with Crippen LogP contribution in [0.2, 0.25) is 0 Å². The zero-order valence-corrected chi connectivity index (χ0v) is 18.2. The van der Waals surface area contributed by atoms with Gasteiger partial charge in [0.05, 0.1) is 22.9 Å². The molecule has 0 saturated carbocycles. The number of aliphatic hydroxyl groups is 1. The lowest BCUT2D eigenvalue weighted by molar-refractivity contribution is -0.127. The molecule has 2 amide bonds. The minimum Gasteiger partial charge on any atom is -0.394 e. The second kappa shape index (κ2) is 9.26. The molecule has 4 rings (SSSR count). The number of hydrogen-bond donors (Lipinski definition) is 2. The molecule has 1 atom stereocenters. The van der Waals surface area contributed by atoms with Gasteiger partial charge in [0, 0.05) is 32.6 Å². The molecular formula is C21H29N5O3S. The summed E-state index contributed by atoms with van der Waals surface area (Å²) in [5, 5.41) is 13.9. The first-order valence-corrected chi connectivity index (χ1v) is 11.6. The van der Waals surface area contributed by atoms with Gasteiger partial charge in [0.2, 0.25) is 5.91 Å². The maximum Gasteiger partial charge on any atom is 0.264 e. The molecule has 30 heavy (non-hydrogen) atoms. The Morgan fingerprint density at radius 1 is 1.30 bits per heavy atom. The van der Waals surface area contributed by atoms with Crippen LogP contribution >= 0.6 is 11.3 Å². The molecule has 2 aliphatic rings. The monoisotopic (exact) mass is 431 g/mol. The fourth-order valence-corrected chi connectivity index (χ4v) is 5.52. The van der Waals surface area contributed by atoms with Crippen LogP contribution < -0.4 is 5.32 Å². The first-order valence-electron chi connectivity index (χ1n) is 10.8. The van der Waals surface area contributed by atoms with Crippen molar-refractivity contribution in [3.63, 3.8) is 0 Å². The maximum atomic E-state index is 13.2. The van der Waals surface area contributed by atoms with Gasteiger partial charge in [0.25, 0.3) is 5.91 Å². The van der Waals surface area contributed by atoms with Crippen molar-refractivity contribution in [2.75, 3.05) is 38.1 Å². The number of anilines is 1. The molecule has 8 nitrogen and oxygen atoms in total. The highest BCUT2D eigenvalue weighted by molar-refractivity contribution is 7.20. The van der Waals surface area contributed by atoms with E-state index in [1.54, 1.807) is 0 Å². The van der Waals surface area contributed by atoms with Gasteiger partial charge >= 0.3 is 0 Å². The Morgan fingerprint density at radius 2 is 2.17 bits per heavy atom. The third kappa shape index (κ3) is 4.13. The van der Waals surface area contributed by atoms with Crippen molar-refractivity contribution in [2.24, 2.45) is 0 Å². The van der Waals surface area contributed by atoms with E-state index in [0.29, 0.717) is 24.4 Å². The predicted molar refractivity (Wildman–Crippen MR) is 117 cm³/mol. The Bertz CT molecular complexity index is 931. The fourth-order valence-electron chi connectivity index (χ4n) is 4.41. The van der Waals surface area contributed by atoms with E-state index in [2.05, 4.69) is 15.3 Å². The average Bonchev–Trinajstić information content (AvgIpc) is 3.33. The van der Waals surface area contributed by atoms with E-state index < -0.39 is 0 Å². The summed E-state index contributed by atoms with van der Waals surface area (Å²) in [7, 11) is 0. The molecule has 2 aromatic heterocycles. The number of aryl methyl sites for hydroxylation is 1. The van der Waals surface area contributed by atoms with E-state index in [9.17, 15) is 14.7 Å². The van der Waals surface area contributed by atoms with Gasteiger partial charge in [-0.1, -0.05) is 0 Å². The van der Waals surface area contributed by atoms with E-state index in [0.717, 1.165) is 66.8 Å². The van der Waals surface area contributed by atoms with Crippen LogP contribution in [0.15, 0.2) is 6.33 Å². The Kier molecular flexibility index (Phi) is 6.48. The molecule has 9 heteroatoms. The number of carbonyl (C=O) groups is 2. The van der Waals surface area contributed by atoms with Crippen molar-refractivity contribution in [1.82, 2.24) is 19.8 Å². The molecule has 1 unspecified atom stereocenters. The number of aromatic nitrogens is 2. The first-order chi connectivity index (χ1) is 14.6. The second-order valence-corrected chi connectivity index (χ2v) is 9.05. The van der Waals surface area contributed by atoms with Crippen LogP contribution in [-0.2, 0) is 4.79 Å². The molecule has 0 aliphatic carbocycles. The Morgan fingerprint density at radius 3 is 2.93 bits per heavy atom. The third-order valence-electron chi connectivity index (χ3n) is 6.09. The zero-order chi connectivity index (χ0) is 21.1. The molecule has 2 aliphatic heterocycles. The molecule has 0 spiro atoms. The highest BCUT2D eigenvalue weighted by Gasteiger charge is 2.30. The number of hydrogen-bond acceptors (Lipinski definition) is 7. The summed E-state index contributed by atoms with van der Waals surface area (Å²) in [5.74, 6) is 0.959. The molecule has 2 N–H and O–H groups in total. The lowest BCUT2D eigenvalue weighted by Gasteiger charge is -2.34. The number of nitrogens with zero attached hydrogens (tertiary/aromatic N) is 4. The molecule has 2 aromatic rings. The van der Waals surface area contributed by atoms with E-state index >= 15 is 0 Å². The molecule has 0 bridgehead atoms.